The molecule has 0 saturated carbocycles. The minimum absolute atomic E-state index is 0.429. The number of nitrogens with one attached hydrogen (secondary N) is 1. The zero-order valence-electron chi connectivity index (χ0n) is 11.8. The third-order valence-electron chi connectivity index (χ3n) is 3.65. The van der Waals surface area contributed by atoms with Crippen molar-refractivity contribution in [2.45, 2.75) is 45.2 Å². The van der Waals surface area contributed by atoms with Crippen molar-refractivity contribution in [2.75, 3.05) is 18.0 Å². The van der Waals surface area contributed by atoms with Crippen LogP contribution in [-0.4, -0.2) is 30.2 Å². The fraction of sp³-hybridized carbons (Fsp3) is 0.600. The molecule has 1 aliphatic rings. The minimum Gasteiger partial charge on any atom is -0.366 e. The average Bonchev–Trinajstić information content (AvgIpc) is 2.46. The van der Waals surface area contributed by atoms with Crippen LogP contribution in [0, 0.1) is 11.3 Å². The normalized spacial score (nSPS) is 19.2. The second kappa shape index (κ2) is 6.53. The van der Waals surface area contributed by atoms with Gasteiger partial charge in [-0.1, -0.05) is 6.42 Å². The van der Waals surface area contributed by atoms with Gasteiger partial charge in [0.1, 0.15) is 11.8 Å². The summed E-state index contributed by atoms with van der Waals surface area (Å²) >= 11 is 0. The number of nitriles is 1. The third kappa shape index (κ3) is 3.68. The number of aromatic nitrogens is 1. The van der Waals surface area contributed by atoms with Gasteiger partial charge in [0.2, 0.25) is 0 Å². The Morgan fingerprint density at radius 3 is 2.84 bits per heavy atom. The zero-order chi connectivity index (χ0) is 13.7. The molecule has 1 aromatic heterocycles. The van der Waals surface area contributed by atoms with Gasteiger partial charge in [-0.3, -0.25) is 0 Å². The van der Waals surface area contributed by atoms with Crippen LogP contribution in [-0.2, 0) is 0 Å². The van der Waals surface area contributed by atoms with Crippen LogP contribution in [0.3, 0.4) is 0 Å². The van der Waals surface area contributed by atoms with Crippen molar-refractivity contribution < 1.29 is 0 Å². The molecule has 0 amide bonds. The highest BCUT2D eigenvalue weighted by molar-refractivity contribution is 5.46. The number of pyridine rings is 1. The molecule has 2 rings (SSSR count). The summed E-state index contributed by atoms with van der Waals surface area (Å²) in [5.74, 6) is 0. The van der Waals surface area contributed by atoms with Gasteiger partial charge >= 0.3 is 0 Å². The van der Waals surface area contributed by atoms with Crippen molar-refractivity contribution in [2.24, 2.45) is 0 Å². The van der Waals surface area contributed by atoms with Crippen LogP contribution in [0.1, 0.15) is 38.8 Å². The molecule has 4 nitrogen and oxygen atoms in total. The summed E-state index contributed by atoms with van der Waals surface area (Å²) in [6, 6.07) is 6.84. The average molecular weight is 258 g/mol. The van der Waals surface area contributed by atoms with Gasteiger partial charge in [-0.25, -0.2) is 4.98 Å². The third-order valence-corrected chi connectivity index (χ3v) is 3.65. The second-order valence-electron chi connectivity index (χ2n) is 5.41. The molecule has 0 radical (unpaired) electrons. The minimum atomic E-state index is 0.429. The van der Waals surface area contributed by atoms with E-state index in [4.69, 9.17) is 5.26 Å². The predicted octanol–water partition coefficient (Wildman–Crippen LogP) is 2.31. The Kier molecular flexibility index (Phi) is 4.75. The molecule has 102 valence electrons. The fourth-order valence-electron chi connectivity index (χ4n) is 2.55. The van der Waals surface area contributed by atoms with Gasteiger partial charge in [0.15, 0.2) is 0 Å². The Balaban J connectivity index is 2.07. The molecule has 1 fully saturated rings. The lowest BCUT2D eigenvalue weighted by atomic mass is 10.0. The van der Waals surface area contributed by atoms with Crippen molar-refractivity contribution in [3.63, 3.8) is 0 Å². The fourth-order valence-corrected chi connectivity index (χ4v) is 2.55. The smallest absolute Gasteiger partial charge is 0.140 e. The van der Waals surface area contributed by atoms with Crippen molar-refractivity contribution >= 4 is 5.69 Å². The summed E-state index contributed by atoms with van der Waals surface area (Å²) in [6.45, 7) is 6.52. The summed E-state index contributed by atoms with van der Waals surface area (Å²) in [5.41, 5.74) is 1.57. The van der Waals surface area contributed by atoms with E-state index in [0.29, 0.717) is 17.8 Å². The van der Waals surface area contributed by atoms with E-state index >= 15 is 0 Å². The molecule has 1 saturated heterocycles. The standard InChI is InChI=1S/C15H22N4/c1-12(2)19(11-14-5-3-4-8-17-14)15-7-6-13(9-16)18-10-15/h6-7,10,12,14,17H,3-5,8,11H2,1-2H3. The van der Waals surface area contributed by atoms with E-state index in [1.54, 1.807) is 12.3 Å². The lowest BCUT2D eigenvalue weighted by Gasteiger charge is -2.34. The maximum Gasteiger partial charge on any atom is 0.140 e. The first-order valence-electron chi connectivity index (χ1n) is 7.07. The lowest BCUT2D eigenvalue weighted by Crippen LogP contribution is -2.46. The van der Waals surface area contributed by atoms with Gasteiger partial charge in [0, 0.05) is 18.6 Å². The van der Waals surface area contributed by atoms with Gasteiger partial charge in [-0.2, -0.15) is 5.26 Å². The van der Waals surface area contributed by atoms with Gasteiger partial charge < -0.3 is 10.2 Å². The first-order chi connectivity index (χ1) is 9.20. The van der Waals surface area contributed by atoms with Crippen LogP contribution in [0.2, 0.25) is 0 Å². The largest absolute Gasteiger partial charge is 0.366 e. The highest BCUT2D eigenvalue weighted by atomic mass is 15.2. The molecular formula is C15H22N4. The number of hydrogen-bond acceptors (Lipinski definition) is 4. The number of rotatable bonds is 4. The molecule has 1 N–H and O–H groups in total. The Morgan fingerprint density at radius 2 is 2.32 bits per heavy atom. The van der Waals surface area contributed by atoms with Crippen LogP contribution < -0.4 is 10.2 Å². The maximum atomic E-state index is 8.80. The SMILES string of the molecule is CC(C)N(CC1CCCCN1)c1ccc(C#N)nc1. The Morgan fingerprint density at radius 1 is 1.47 bits per heavy atom. The van der Waals surface area contributed by atoms with Gasteiger partial charge in [0.05, 0.1) is 11.9 Å². The topological polar surface area (TPSA) is 52.0 Å². The van der Waals surface area contributed by atoms with Crippen LogP contribution >= 0.6 is 0 Å². The summed E-state index contributed by atoms with van der Waals surface area (Å²) in [6.07, 6.45) is 5.65. The second-order valence-corrected chi connectivity index (χ2v) is 5.41. The van der Waals surface area contributed by atoms with Gasteiger partial charge in [-0.15, -0.1) is 0 Å². The molecule has 19 heavy (non-hydrogen) atoms. The molecule has 4 heteroatoms. The monoisotopic (exact) mass is 258 g/mol. The van der Waals surface area contributed by atoms with Gasteiger partial charge in [0.25, 0.3) is 0 Å². The molecule has 0 aromatic carbocycles. The summed E-state index contributed by atoms with van der Waals surface area (Å²) in [5, 5.41) is 12.4. The number of nitrogens with zero attached hydrogens (tertiary/aromatic N) is 3. The van der Waals surface area contributed by atoms with Crippen LogP contribution in [0.15, 0.2) is 18.3 Å². The molecular weight excluding hydrogens is 236 g/mol. The van der Waals surface area contributed by atoms with E-state index in [-0.39, 0.29) is 0 Å². The molecule has 1 aliphatic heterocycles. The number of hydrogen-bond donors (Lipinski definition) is 1. The first-order valence-corrected chi connectivity index (χ1v) is 7.07. The predicted molar refractivity (Wildman–Crippen MR) is 77.1 cm³/mol. The highest BCUT2D eigenvalue weighted by Crippen LogP contribution is 2.18. The van der Waals surface area contributed by atoms with E-state index in [1.807, 2.05) is 6.07 Å². The molecule has 2 heterocycles. The number of piperidine rings is 1. The van der Waals surface area contributed by atoms with Crippen molar-refractivity contribution in [1.29, 1.82) is 5.26 Å². The molecule has 0 aliphatic carbocycles. The molecule has 1 aromatic rings. The summed E-state index contributed by atoms with van der Waals surface area (Å²) < 4.78 is 0. The van der Waals surface area contributed by atoms with Gasteiger partial charge in [-0.05, 0) is 45.4 Å². The Bertz CT molecular complexity index is 426. The Labute approximate surface area is 115 Å². The van der Waals surface area contributed by atoms with E-state index in [2.05, 4.69) is 35.1 Å². The van der Waals surface area contributed by atoms with Crippen LogP contribution in [0.4, 0.5) is 5.69 Å². The van der Waals surface area contributed by atoms with E-state index in [9.17, 15) is 0 Å². The number of anilines is 1. The van der Waals surface area contributed by atoms with E-state index < -0.39 is 0 Å². The highest BCUT2D eigenvalue weighted by Gasteiger charge is 2.19. The molecule has 0 spiro atoms. The summed E-state index contributed by atoms with van der Waals surface area (Å²) in [7, 11) is 0. The lowest BCUT2D eigenvalue weighted by molar-refractivity contribution is 0.393. The molecule has 0 bridgehead atoms. The molecule has 1 unspecified atom stereocenters. The first kappa shape index (κ1) is 13.8. The zero-order valence-corrected chi connectivity index (χ0v) is 11.8. The summed E-state index contributed by atoms with van der Waals surface area (Å²) in [4.78, 5) is 6.53. The quantitative estimate of drug-likeness (QED) is 0.900. The van der Waals surface area contributed by atoms with E-state index in [0.717, 1.165) is 18.8 Å². The molecule has 1 atom stereocenters. The Hall–Kier alpha value is -1.60. The van der Waals surface area contributed by atoms with E-state index in [1.165, 1.54) is 19.3 Å². The van der Waals surface area contributed by atoms with Crippen molar-refractivity contribution in [1.82, 2.24) is 10.3 Å². The maximum absolute atomic E-state index is 8.80. The van der Waals surface area contributed by atoms with Crippen LogP contribution in [0.25, 0.3) is 0 Å². The van der Waals surface area contributed by atoms with Crippen molar-refractivity contribution in [3.05, 3.63) is 24.0 Å². The van der Waals surface area contributed by atoms with Crippen molar-refractivity contribution in [3.8, 4) is 6.07 Å². The van der Waals surface area contributed by atoms with Crippen LogP contribution in [0.5, 0.6) is 0 Å².